The van der Waals surface area contributed by atoms with E-state index >= 15 is 4.39 Å². The highest BCUT2D eigenvalue weighted by molar-refractivity contribution is 6.01. The van der Waals surface area contributed by atoms with Crippen molar-refractivity contribution in [3.63, 3.8) is 0 Å². The molecule has 10 heteroatoms. The predicted octanol–water partition coefficient (Wildman–Crippen LogP) is 2.71. The topological polar surface area (TPSA) is 120 Å². The Hall–Kier alpha value is -4.39. The van der Waals surface area contributed by atoms with E-state index < -0.39 is 28.7 Å². The number of benzene rings is 1. The van der Waals surface area contributed by atoms with Gasteiger partial charge in [0.15, 0.2) is 0 Å². The van der Waals surface area contributed by atoms with Crippen molar-refractivity contribution in [2.24, 2.45) is 0 Å². The van der Waals surface area contributed by atoms with E-state index in [1.54, 1.807) is 28.5 Å². The number of nitriles is 1. The Kier molecular flexibility index (Phi) is 6.19. The Morgan fingerprint density at radius 1 is 1.26 bits per heavy atom. The van der Waals surface area contributed by atoms with Crippen molar-refractivity contribution in [2.75, 3.05) is 31.1 Å². The molecular weight excluding hydrogens is 443 g/mol. The van der Waals surface area contributed by atoms with Crippen LogP contribution in [0.4, 0.5) is 10.1 Å². The van der Waals surface area contributed by atoms with Crippen LogP contribution in [0, 0.1) is 17.1 Å². The molecule has 1 aliphatic heterocycles. The van der Waals surface area contributed by atoms with Crippen molar-refractivity contribution in [3.05, 3.63) is 69.7 Å². The quantitative estimate of drug-likeness (QED) is 0.455. The van der Waals surface area contributed by atoms with Crippen LogP contribution >= 0.6 is 0 Å². The number of amides is 1. The predicted molar refractivity (Wildman–Crippen MR) is 122 cm³/mol. The van der Waals surface area contributed by atoms with Crippen molar-refractivity contribution >= 4 is 34.5 Å². The molecule has 1 aliphatic rings. The number of fused-ring (bicyclic) bond motifs is 1. The monoisotopic (exact) mass is 464 g/mol. The number of carbonyl (C=O) groups is 2. The molecule has 0 saturated carbocycles. The zero-order valence-electron chi connectivity index (χ0n) is 18.3. The van der Waals surface area contributed by atoms with Crippen molar-refractivity contribution < 1.29 is 23.5 Å². The first kappa shape index (κ1) is 22.8. The fourth-order valence-electron chi connectivity index (χ4n) is 4.03. The summed E-state index contributed by atoms with van der Waals surface area (Å²) in [4.78, 5) is 40.0. The Labute approximate surface area is 193 Å². The summed E-state index contributed by atoms with van der Waals surface area (Å²) in [7, 11) is 0. The molecule has 0 aliphatic carbocycles. The second kappa shape index (κ2) is 9.23. The zero-order valence-corrected chi connectivity index (χ0v) is 18.3. The first-order valence-corrected chi connectivity index (χ1v) is 10.6. The molecule has 1 amide bonds. The second-order valence-electron chi connectivity index (χ2n) is 7.75. The zero-order chi connectivity index (χ0) is 24.4. The molecule has 0 atom stereocenters. The number of carbonyl (C=O) groups excluding carboxylic acids is 1. The van der Waals surface area contributed by atoms with Crippen LogP contribution in [-0.2, 0) is 11.3 Å². The SMILES string of the molecule is CCn1cc(C(=O)O)c(=O)c2cc(F)c(N3CCN(C(=O)C(C#N)=Cc4ccco4)CC3)cc21. The summed E-state index contributed by atoms with van der Waals surface area (Å²) in [5.41, 5.74) is -0.511. The van der Waals surface area contributed by atoms with Gasteiger partial charge in [0.1, 0.15) is 28.8 Å². The van der Waals surface area contributed by atoms with Crippen LogP contribution in [0.25, 0.3) is 17.0 Å². The minimum Gasteiger partial charge on any atom is -0.477 e. The molecule has 2 aromatic heterocycles. The number of hydrogen-bond donors (Lipinski definition) is 1. The lowest BCUT2D eigenvalue weighted by Crippen LogP contribution is -2.49. The summed E-state index contributed by atoms with van der Waals surface area (Å²) in [6, 6.07) is 7.81. The van der Waals surface area contributed by atoms with E-state index in [9.17, 15) is 24.8 Å². The van der Waals surface area contributed by atoms with E-state index in [-0.39, 0.29) is 29.7 Å². The van der Waals surface area contributed by atoms with Crippen LogP contribution < -0.4 is 10.3 Å². The van der Waals surface area contributed by atoms with Gasteiger partial charge in [-0.15, -0.1) is 0 Å². The van der Waals surface area contributed by atoms with Gasteiger partial charge in [0, 0.05) is 50.4 Å². The average molecular weight is 464 g/mol. The molecule has 34 heavy (non-hydrogen) atoms. The Morgan fingerprint density at radius 2 is 2.00 bits per heavy atom. The van der Waals surface area contributed by atoms with E-state index in [0.717, 1.165) is 6.07 Å². The van der Waals surface area contributed by atoms with Crippen molar-refractivity contribution in [1.82, 2.24) is 9.47 Å². The Morgan fingerprint density at radius 3 is 2.59 bits per heavy atom. The number of carboxylic acids is 1. The van der Waals surface area contributed by atoms with Gasteiger partial charge < -0.3 is 23.9 Å². The first-order chi connectivity index (χ1) is 16.3. The van der Waals surface area contributed by atoms with Gasteiger partial charge in [0.25, 0.3) is 5.91 Å². The first-order valence-electron chi connectivity index (χ1n) is 10.6. The minimum atomic E-state index is -1.36. The molecule has 3 aromatic rings. The maximum absolute atomic E-state index is 15.0. The summed E-state index contributed by atoms with van der Waals surface area (Å²) in [6.45, 7) is 3.36. The number of piperazine rings is 1. The molecule has 9 nitrogen and oxygen atoms in total. The lowest BCUT2D eigenvalue weighted by atomic mass is 10.1. The maximum Gasteiger partial charge on any atom is 0.341 e. The fraction of sp³-hybridized carbons (Fsp3) is 0.250. The van der Waals surface area contributed by atoms with E-state index in [0.29, 0.717) is 30.9 Å². The van der Waals surface area contributed by atoms with E-state index in [1.165, 1.54) is 29.5 Å². The Bertz CT molecular complexity index is 1390. The molecule has 1 aromatic carbocycles. The third-order valence-electron chi connectivity index (χ3n) is 5.81. The molecule has 1 saturated heterocycles. The molecule has 1 N–H and O–H groups in total. The summed E-state index contributed by atoms with van der Waals surface area (Å²) in [5, 5.41) is 18.7. The number of carboxylic acid groups (broad SMARTS) is 1. The van der Waals surface area contributed by atoms with Gasteiger partial charge in [-0.2, -0.15) is 5.26 Å². The van der Waals surface area contributed by atoms with Crippen LogP contribution in [0.3, 0.4) is 0 Å². The van der Waals surface area contributed by atoms with E-state index in [2.05, 4.69) is 0 Å². The normalized spacial score (nSPS) is 14.3. The van der Waals surface area contributed by atoms with Crippen LogP contribution in [0.2, 0.25) is 0 Å². The van der Waals surface area contributed by atoms with Gasteiger partial charge in [-0.1, -0.05) is 0 Å². The summed E-state index contributed by atoms with van der Waals surface area (Å²) in [5.74, 6) is -2.05. The molecule has 0 bridgehead atoms. The van der Waals surface area contributed by atoms with Crippen molar-refractivity contribution in [2.45, 2.75) is 13.5 Å². The second-order valence-corrected chi connectivity index (χ2v) is 7.75. The number of anilines is 1. The van der Waals surface area contributed by atoms with Gasteiger partial charge in [-0.3, -0.25) is 9.59 Å². The molecule has 4 rings (SSSR count). The minimum absolute atomic E-state index is 0.00135. The molecule has 0 radical (unpaired) electrons. The van der Waals surface area contributed by atoms with Crippen LogP contribution in [0.5, 0.6) is 0 Å². The molecule has 0 spiro atoms. The van der Waals surface area contributed by atoms with E-state index in [1.807, 2.05) is 6.07 Å². The largest absolute Gasteiger partial charge is 0.477 e. The van der Waals surface area contributed by atoms with Gasteiger partial charge in [0.2, 0.25) is 5.43 Å². The molecule has 174 valence electrons. The van der Waals surface area contributed by atoms with E-state index in [4.69, 9.17) is 4.42 Å². The number of aryl methyl sites for hydroxylation is 1. The number of halogens is 1. The highest BCUT2D eigenvalue weighted by Crippen LogP contribution is 2.26. The number of rotatable bonds is 5. The van der Waals surface area contributed by atoms with Gasteiger partial charge in [-0.05, 0) is 31.2 Å². The number of nitrogens with zero attached hydrogens (tertiary/aromatic N) is 4. The Balaban J connectivity index is 1.59. The number of pyridine rings is 1. The maximum atomic E-state index is 15.0. The number of aromatic carboxylic acids is 1. The van der Waals surface area contributed by atoms with Crippen molar-refractivity contribution in [1.29, 1.82) is 5.26 Å². The third kappa shape index (κ3) is 4.15. The average Bonchev–Trinajstić information content (AvgIpc) is 3.35. The molecule has 3 heterocycles. The lowest BCUT2D eigenvalue weighted by Gasteiger charge is -2.36. The standard InChI is InChI=1S/C24H21FN4O5/c1-2-27-14-18(24(32)33)22(30)17-11-19(25)21(12-20(17)27)28-5-7-29(8-6-28)23(31)15(13-26)10-16-4-3-9-34-16/h3-4,9-12,14H,2,5-8H2,1H3,(H,32,33). The number of hydrogen-bond acceptors (Lipinski definition) is 6. The lowest BCUT2D eigenvalue weighted by molar-refractivity contribution is -0.126. The summed E-state index contributed by atoms with van der Waals surface area (Å²) < 4.78 is 21.8. The molecule has 1 fully saturated rings. The highest BCUT2D eigenvalue weighted by Gasteiger charge is 2.26. The van der Waals surface area contributed by atoms with Crippen molar-refractivity contribution in [3.8, 4) is 6.07 Å². The van der Waals surface area contributed by atoms with Crippen LogP contribution in [0.15, 0.2) is 51.5 Å². The van der Waals surface area contributed by atoms with Gasteiger partial charge in [-0.25, -0.2) is 9.18 Å². The van der Waals surface area contributed by atoms with Gasteiger partial charge in [0.05, 0.1) is 17.5 Å². The molecular formula is C24H21FN4O5. The summed E-state index contributed by atoms with van der Waals surface area (Å²) >= 11 is 0. The third-order valence-corrected chi connectivity index (χ3v) is 5.81. The van der Waals surface area contributed by atoms with Crippen LogP contribution in [0.1, 0.15) is 23.0 Å². The molecule has 0 unspecified atom stereocenters. The fourth-order valence-corrected chi connectivity index (χ4v) is 4.03. The number of aromatic nitrogens is 1. The van der Waals surface area contributed by atoms with Crippen LogP contribution in [-0.4, -0.2) is 52.6 Å². The van der Waals surface area contributed by atoms with Gasteiger partial charge >= 0.3 is 5.97 Å². The number of furan rings is 1. The summed E-state index contributed by atoms with van der Waals surface area (Å²) in [6.07, 6.45) is 4.09. The highest BCUT2D eigenvalue weighted by atomic mass is 19.1. The smallest absolute Gasteiger partial charge is 0.341 e.